The van der Waals surface area contributed by atoms with Gasteiger partial charge in [-0.1, -0.05) is 18.2 Å². The largest absolute Gasteiger partial charge is 0.479 e. The van der Waals surface area contributed by atoms with Crippen LogP contribution in [0.25, 0.3) is 0 Å². The first kappa shape index (κ1) is 20.1. The lowest BCUT2D eigenvalue weighted by molar-refractivity contribution is -0.119. The Bertz CT molecular complexity index is 949. The molecular formula is C18H18N4O4S. The van der Waals surface area contributed by atoms with E-state index in [0.717, 1.165) is 5.56 Å². The minimum atomic E-state index is -3.75. The summed E-state index contributed by atoms with van der Waals surface area (Å²) < 4.78 is 31.5. The van der Waals surface area contributed by atoms with Crippen molar-refractivity contribution in [2.75, 3.05) is 13.2 Å². The SMILES string of the molecule is C/C(=N/NC(=O)CNS(=O)(=O)c1ccccc1)c1ccc(OCC#N)cc1. The number of nitrogens with one attached hydrogen (secondary N) is 2. The topological polar surface area (TPSA) is 121 Å². The zero-order valence-corrected chi connectivity index (χ0v) is 15.4. The van der Waals surface area contributed by atoms with Crippen LogP contribution in [0.2, 0.25) is 0 Å². The second-order valence-electron chi connectivity index (χ2n) is 5.34. The van der Waals surface area contributed by atoms with Gasteiger partial charge in [-0.3, -0.25) is 4.79 Å². The molecule has 9 heteroatoms. The van der Waals surface area contributed by atoms with Crippen molar-refractivity contribution >= 4 is 21.6 Å². The van der Waals surface area contributed by atoms with Crippen LogP contribution in [0.15, 0.2) is 64.6 Å². The molecule has 0 aliphatic rings. The van der Waals surface area contributed by atoms with E-state index >= 15 is 0 Å². The lowest BCUT2D eigenvalue weighted by atomic mass is 10.1. The van der Waals surface area contributed by atoms with Crippen LogP contribution in [-0.4, -0.2) is 33.2 Å². The molecule has 27 heavy (non-hydrogen) atoms. The Kier molecular flexibility index (Phi) is 7.05. The molecule has 0 aromatic heterocycles. The fraction of sp³-hybridized carbons (Fsp3) is 0.167. The minimum absolute atomic E-state index is 0.0403. The average molecular weight is 386 g/mol. The molecule has 0 unspecified atom stereocenters. The first-order valence-electron chi connectivity index (χ1n) is 7.90. The van der Waals surface area contributed by atoms with E-state index in [4.69, 9.17) is 10.00 Å². The summed E-state index contributed by atoms with van der Waals surface area (Å²) in [4.78, 5) is 11.9. The lowest BCUT2D eigenvalue weighted by Crippen LogP contribution is -2.35. The van der Waals surface area contributed by atoms with Crippen LogP contribution < -0.4 is 14.9 Å². The van der Waals surface area contributed by atoms with Gasteiger partial charge in [0.2, 0.25) is 10.0 Å². The zero-order chi connectivity index (χ0) is 19.7. The van der Waals surface area contributed by atoms with E-state index in [1.807, 2.05) is 6.07 Å². The van der Waals surface area contributed by atoms with E-state index in [0.29, 0.717) is 11.5 Å². The van der Waals surface area contributed by atoms with Crippen molar-refractivity contribution in [3.05, 3.63) is 60.2 Å². The molecule has 1 amide bonds. The van der Waals surface area contributed by atoms with Gasteiger partial charge < -0.3 is 4.74 Å². The van der Waals surface area contributed by atoms with Gasteiger partial charge in [-0.05, 0) is 48.9 Å². The van der Waals surface area contributed by atoms with Crippen molar-refractivity contribution < 1.29 is 17.9 Å². The van der Waals surface area contributed by atoms with Crippen molar-refractivity contribution in [2.45, 2.75) is 11.8 Å². The van der Waals surface area contributed by atoms with Gasteiger partial charge in [-0.2, -0.15) is 10.4 Å². The number of ether oxygens (including phenoxy) is 1. The fourth-order valence-electron chi connectivity index (χ4n) is 2.00. The van der Waals surface area contributed by atoms with Gasteiger partial charge >= 0.3 is 0 Å². The third-order valence-electron chi connectivity index (χ3n) is 3.40. The molecule has 0 aliphatic carbocycles. The van der Waals surface area contributed by atoms with Gasteiger partial charge in [-0.15, -0.1) is 0 Å². The Morgan fingerprint density at radius 2 is 1.81 bits per heavy atom. The van der Waals surface area contributed by atoms with Gasteiger partial charge in [-0.25, -0.2) is 18.6 Å². The number of carbonyl (C=O) groups excluding carboxylic acids is 1. The third kappa shape index (κ3) is 6.22. The van der Waals surface area contributed by atoms with Crippen molar-refractivity contribution in [1.82, 2.24) is 10.1 Å². The van der Waals surface area contributed by atoms with E-state index in [1.165, 1.54) is 12.1 Å². The normalized spacial score (nSPS) is 11.5. The number of nitriles is 1. The molecule has 0 bridgehead atoms. The molecule has 0 saturated heterocycles. The van der Waals surface area contributed by atoms with E-state index in [2.05, 4.69) is 15.2 Å². The summed E-state index contributed by atoms with van der Waals surface area (Å²) in [5, 5.41) is 12.4. The predicted octanol–water partition coefficient (Wildman–Crippen LogP) is 1.41. The summed E-state index contributed by atoms with van der Waals surface area (Å²) in [5.41, 5.74) is 3.57. The summed E-state index contributed by atoms with van der Waals surface area (Å²) in [5.74, 6) is -0.0460. The van der Waals surface area contributed by atoms with Crippen LogP contribution in [0, 0.1) is 11.3 Å². The number of benzene rings is 2. The van der Waals surface area contributed by atoms with Crippen LogP contribution in [0.3, 0.4) is 0 Å². The molecule has 0 aliphatic heterocycles. The average Bonchev–Trinajstić information content (AvgIpc) is 2.70. The maximum absolute atomic E-state index is 12.0. The number of sulfonamides is 1. The number of amides is 1. The lowest BCUT2D eigenvalue weighted by Gasteiger charge is -2.07. The second kappa shape index (κ2) is 9.47. The Hall–Kier alpha value is -3.22. The molecule has 2 N–H and O–H groups in total. The fourth-order valence-corrected chi connectivity index (χ4v) is 3.01. The molecule has 140 valence electrons. The van der Waals surface area contributed by atoms with Gasteiger partial charge in [0.1, 0.15) is 11.8 Å². The summed E-state index contributed by atoms with van der Waals surface area (Å²) in [6, 6.07) is 16.5. The van der Waals surface area contributed by atoms with Crippen molar-refractivity contribution in [3.8, 4) is 11.8 Å². The predicted molar refractivity (Wildman–Crippen MR) is 99.5 cm³/mol. The van der Waals surface area contributed by atoms with Gasteiger partial charge in [0.15, 0.2) is 6.61 Å². The quantitative estimate of drug-likeness (QED) is 0.525. The molecule has 0 radical (unpaired) electrons. The Balaban J connectivity index is 1.89. The van der Waals surface area contributed by atoms with Gasteiger partial charge in [0.05, 0.1) is 17.2 Å². The van der Waals surface area contributed by atoms with Gasteiger partial charge in [0, 0.05) is 0 Å². The van der Waals surface area contributed by atoms with E-state index in [1.54, 1.807) is 49.4 Å². The number of hydrazone groups is 1. The Morgan fingerprint density at radius 3 is 2.44 bits per heavy atom. The van der Waals surface area contributed by atoms with E-state index < -0.39 is 22.5 Å². The molecule has 2 aromatic carbocycles. The molecule has 0 spiro atoms. The Morgan fingerprint density at radius 1 is 1.15 bits per heavy atom. The first-order valence-corrected chi connectivity index (χ1v) is 9.39. The Labute approximate surface area is 157 Å². The highest BCUT2D eigenvalue weighted by molar-refractivity contribution is 7.89. The second-order valence-corrected chi connectivity index (χ2v) is 7.11. The summed E-state index contributed by atoms with van der Waals surface area (Å²) >= 11 is 0. The molecule has 0 fully saturated rings. The number of rotatable bonds is 8. The first-order chi connectivity index (χ1) is 12.9. The molecule has 0 heterocycles. The molecule has 0 saturated carbocycles. The van der Waals surface area contributed by atoms with Crippen molar-refractivity contribution in [2.24, 2.45) is 5.10 Å². The van der Waals surface area contributed by atoms with E-state index in [9.17, 15) is 13.2 Å². The highest BCUT2D eigenvalue weighted by atomic mass is 32.2. The highest BCUT2D eigenvalue weighted by Gasteiger charge is 2.14. The standard InChI is InChI=1S/C18H18N4O4S/c1-14(15-7-9-16(10-8-15)26-12-11-19)21-22-18(23)13-20-27(24,25)17-5-3-2-4-6-17/h2-10,20H,12-13H2,1H3,(H,22,23)/b21-14-. The number of nitrogens with zero attached hydrogens (tertiary/aromatic N) is 2. The molecule has 8 nitrogen and oxygen atoms in total. The maximum atomic E-state index is 12.0. The highest BCUT2D eigenvalue weighted by Crippen LogP contribution is 2.12. The van der Waals surface area contributed by atoms with Crippen LogP contribution in [0.1, 0.15) is 12.5 Å². The molecule has 2 rings (SSSR count). The third-order valence-corrected chi connectivity index (χ3v) is 4.82. The summed E-state index contributed by atoms with van der Waals surface area (Å²) in [6.45, 7) is 1.22. The number of carbonyl (C=O) groups is 1. The van der Waals surface area contributed by atoms with Crippen LogP contribution in [-0.2, 0) is 14.8 Å². The van der Waals surface area contributed by atoms with Crippen molar-refractivity contribution in [1.29, 1.82) is 5.26 Å². The number of hydrogen-bond acceptors (Lipinski definition) is 6. The number of hydrogen-bond donors (Lipinski definition) is 2. The monoisotopic (exact) mass is 386 g/mol. The van der Waals surface area contributed by atoms with Crippen LogP contribution in [0.4, 0.5) is 0 Å². The van der Waals surface area contributed by atoms with Gasteiger partial charge in [0.25, 0.3) is 5.91 Å². The summed E-state index contributed by atoms with van der Waals surface area (Å²) in [7, 11) is -3.75. The molecular weight excluding hydrogens is 368 g/mol. The maximum Gasteiger partial charge on any atom is 0.255 e. The smallest absolute Gasteiger partial charge is 0.255 e. The van der Waals surface area contributed by atoms with Crippen molar-refractivity contribution in [3.63, 3.8) is 0 Å². The zero-order valence-electron chi connectivity index (χ0n) is 14.5. The summed E-state index contributed by atoms with van der Waals surface area (Å²) in [6.07, 6.45) is 0. The molecule has 0 atom stereocenters. The van der Waals surface area contributed by atoms with Crippen LogP contribution >= 0.6 is 0 Å². The van der Waals surface area contributed by atoms with E-state index in [-0.39, 0.29) is 11.5 Å². The molecule has 2 aromatic rings. The van der Waals surface area contributed by atoms with Crippen LogP contribution in [0.5, 0.6) is 5.75 Å². The minimum Gasteiger partial charge on any atom is -0.479 e.